The van der Waals surface area contributed by atoms with Gasteiger partial charge in [0.25, 0.3) is 0 Å². The minimum Gasteiger partial charge on any atom is -0.306 e. The Morgan fingerprint density at radius 1 is 1.38 bits per heavy atom. The van der Waals surface area contributed by atoms with Crippen LogP contribution in [0.5, 0.6) is 0 Å². The minimum absolute atomic E-state index is 0.249. The number of likely N-dealkylation sites (tertiary alicyclic amines) is 1. The van der Waals surface area contributed by atoms with Gasteiger partial charge in [-0.25, -0.2) is 0 Å². The molecule has 0 amide bonds. The van der Waals surface area contributed by atoms with Crippen molar-refractivity contribution in [3.05, 3.63) is 35.9 Å². The number of ketones is 1. The summed E-state index contributed by atoms with van der Waals surface area (Å²) in [6, 6.07) is 10.0. The quantitative estimate of drug-likeness (QED) is 0.773. The molecule has 2 nitrogen and oxygen atoms in total. The fourth-order valence-corrected chi connectivity index (χ4v) is 2.37. The van der Waals surface area contributed by atoms with Gasteiger partial charge in [-0.05, 0) is 32.0 Å². The second-order valence-electron chi connectivity index (χ2n) is 4.73. The van der Waals surface area contributed by atoms with E-state index >= 15 is 0 Å². The van der Waals surface area contributed by atoms with Crippen LogP contribution in [-0.2, 0) is 11.2 Å². The largest absolute Gasteiger partial charge is 0.306 e. The SMILES string of the molecule is CN1CCCC(C(=O)Cc2ccccc2)C1. The van der Waals surface area contributed by atoms with E-state index in [4.69, 9.17) is 0 Å². The molecular formula is C14H19NO. The van der Waals surface area contributed by atoms with Crippen molar-refractivity contribution in [3.63, 3.8) is 0 Å². The lowest BCUT2D eigenvalue weighted by molar-refractivity contribution is -0.123. The van der Waals surface area contributed by atoms with Gasteiger partial charge >= 0.3 is 0 Å². The number of nitrogens with zero attached hydrogens (tertiary/aromatic N) is 1. The Balaban J connectivity index is 1.93. The predicted molar refractivity (Wildman–Crippen MR) is 65.4 cm³/mol. The molecule has 0 spiro atoms. The third-order valence-corrected chi connectivity index (χ3v) is 3.30. The Morgan fingerprint density at radius 2 is 2.12 bits per heavy atom. The maximum Gasteiger partial charge on any atom is 0.141 e. The van der Waals surface area contributed by atoms with E-state index in [1.54, 1.807) is 0 Å². The standard InChI is InChI=1S/C14H19NO/c1-15-9-5-8-13(11-15)14(16)10-12-6-3-2-4-7-12/h2-4,6-7,13H,5,8-11H2,1H3. The van der Waals surface area contributed by atoms with Gasteiger partial charge in [-0.15, -0.1) is 0 Å². The maximum atomic E-state index is 12.1. The molecule has 1 aromatic carbocycles. The molecule has 16 heavy (non-hydrogen) atoms. The second-order valence-corrected chi connectivity index (χ2v) is 4.73. The van der Waals surface area contributed by atoms with E-state index in [0.717, 1.165) is 31.5 Å². The number of benzene rings is 1. The zero-order chi connectivity index (χ0) is 11.4. The number of Topliss-reactive ketones (excluding diaryl/α,β-unsaturated/α-hetero) is 1. The highest BCUT2D eigenvalue weighted by atomic mass is 16.1. The summed E-state index contributed by atoms with van der Waals surface area (Å²) in [5, 5.41) is 0. The van der Waals surface area contributed by atoms with Crippen molar-refractivity contribution in [1.82, 2.24) is 4.90 Å². The molecule has 86 valence electrons. The average molecular weight is 217 g/mol. The van der Waals surface area contributed by atoms with E-state index in [0.29, 0.717) is 12.2 Å². The summed E-state index contributed by atoms with van der Waals surface area (Å²) in [5.41, 5.74) is 1.14. The smallest absolute Gasteiger partial charge is 0.141 e. The zero-order valence-electron chi connectivity index (χ0n) is 9.86. The number of rotatable bonds is 3. The molecule has 0 aromatic heterocycles. The monoisotopic (exact) mass is 217 g/mol. The molecule has 0 radical (unpaired) electrons. The van der Waals surface area contributed by atoms with Gasteiger partial charge in [0.15, 0.2) is 0 Å². The van der Waals surface area contributed by atoms with Gasteiger partial charge in [0.05, 0.1) is 0 Å². The van der Waals surface area contributed by atoms with Crippen LogP contribution >= 0.6 is 0 Å². The molecule has 1 aromatic rings. The average Bonchev–Trinajstić information content (AvgIpc) is 2.30. The van der Waals surface area contributed by atoms with Crippen LogP contribution in [0.4, 0.5) is 0 Å². The Labute approximate surface area is 97.3 Å². The normalized spacial score (nSPS) is 21.9. The van der Waals surface area contributed by atoms with Gasteiger partial charge in [0.1, 0.15) is 5.78 Å². The van der Waals surface area contributed by atoms with Crippen LogP contribution in [0.3, 0.4) is 0 Å². The highest BCUT2D eigenvalue weighted by Gasteiger charge is 2.23. The predicted octanol–water partition coefficient (Wildman–Crippen LogP) is 2.14. The van der Waals surface area contributed by atoms with Crippen molar-refractivity contribution >= 4 is 5.78 Å². The van der Waals surface area contributed by atoms with Crippen molar-refractivity contribution in [2.45, 2.75) is 19.3 Å². The molecule has 0 bridgehead atoms. The fraction of sp³-hybridized carbons (Fsp3) is 0.500. The van der Waals surface area contributed by atoms with Gasteiger partial charge in [0, 0.05) is 18.9 Å². The van der Waals surface area contributed by atoms with Crippen LogP contribution in [0.1, 0.15) is 18.4 Å². The first-order chi connectivity index (χ1) is 7.75. The molecule has 2 rings (SSSR count). The summed E-state index contributed by atoms with van der Waals surface area (Å²) in [7, 11) is 2.10. The van der Waals surface area contributed by atoms with Gasteiger partial charge in [-0.2, -0.15) is 0 Å². The van der Waals surface area contributed by atoms with E-state index in [1.807, 2.05) is 30.3 Å². The van der Waals surface area contributed by atoms with Crippen LogP contribution < -0.4 is 0 Å². The van der Waals surface area contributed by atoms with Gasteiger partial charge in [0.2, 0.25) is 0 Å². The highest BCUT2D eigenvalue weighted by molar-refractivity contribution is 5.83. The van der Waals surface area contributed by atoms with Crippen molar-refractivity contribution in [2.24, 2.45) is 5.92 Å². The van der Waals surface area contributed by atoms with Gasteiger partial charge in [-0.3, -0.25) is 4.79 Å². The lowest BCUT2D eigenvalue weighted by Crippen LogP contribution is -2.36. The summed E-state index contributed by atoms with van der Waals surface area (Å²) >= 11 is 0. The molecule has 2 heteroatoms. The zero-order valence-corrected chi connectivity index (χ0v) is 9.86. The molecule has 1 fully saturated rings. The van der Waals surface area contributed by atoms with Crippen molar-refractivity contribution in [1.29, 1.82) is 0 Å². The topological polar surface area (TPSA) is 20.3 Å². The summed E-state index contributed by atoms with van der Waals surface area (Å²) < 4.78 is 0. The van der Waals surface area contributed by atoms with Crippen molar-refractivity contribution in [3.8, 4) is 0 Å². The fourth-order valence-electron chi connectivity index (χ4n) is 2.37. The molecule has 0 aliphatic carbocycles. The lowest BCUT2D eigenvalue weighted by Gasteiger charge is -2.28. The van der Waals surface area contributed by atoms with E-state index in [-0.39, 0.29) is 5.92 Å². The first-order valence-corrected chi connectivity index (χ1v) is 6.01. The van der Waals surface area contributed by atoms with Gasteiger partial charge in [-0.1, -0.05) is 30.3 Å². The highest BCUT2D eigenvalue weighted by Crippen LogP contribution is 2.17. The van der Waals surface area contributed by atoms with E-state index in [2.05, 4.69) is 11.9 Å². The summed E-state index contributed by atoms with van der Waals surface area (Å²) in [6.45, 7) is 2.07. The minimum atomic E-state index is 0.249. The molecule has 1 aliphatic heterocycles. The van der Waals surface area contributed by atoms with Gasteiger partial charge < -0.3 is 4.90 Å². The summed E-state index contributed by atoms with van der Waals surface area (Å²) in [6.07, 6.45) is 2.82. The molecule has 1 atom stereocenters. The number of hydrogen-bond acceptors (Lipinski definition) is 2. The van der Waals surface area contributed by atoms with Crippen molar-refractivity contribution in [2.75, 3.05) is 20.1 Å². The number of hydrogen-bond donors (Lipinski definition) is 0. The summed E-state index contributed by atoms with van der Waals surface area (Å²) in [4.78, 5) is 14.3. The van der Waals surface area contributed by atoms with E-state index in [9.17, 15) is 4.79 Å². The molecule has 1 aliphatic rings. The number of carbonyl (C=O) groups is 1. The van der Waals surface area contributed by atoms with Crippen LogP contribution in [0.25, 0.3) is 0 Å². The third kappa shape index (κ3) is 2.92. The molecule has 0 N–H and O–H groups in total. The second kappa shape index (κ2) is 5.26. The molecule has 1 heterocycles. The lowest BCUT2D eigenvalue weighted by atomic mass is 9.91. The number of piperidine rings is 1. The van der Waals surface area contributed by atoms with E-state index in [1.165, 1.54) is 0 Å². The Hall–Kier alpha value is -1.15. The molecule has 0 saturated carbocycles. The van der Waals surface area contributed by atoms with Crippen LogP contribution in [0, 0.1) is 5.92 Å². The maximum absolute atomic E-state index is 12.1. The Morgan fingerprint density at radius 3 is 2.81 bits per heavy atom. The van der Waals surface area contributed by atoms with E-state index < -0.39 is 0 Å². The first kappa shape index (κ1) is 11.3. The third-order valence-electron chi connectivity index (χ3n) is 3.30. The van der Waals surface area contributed by atoms with Crippen LogP contribution in [0.15, 0.2) is 30.3 Å². The Kier molecular flexibility index (Phi) is 3.73. The molecule has 1 unspecified atom stereocenters. The Bertz CT molecular complexity index is 347. The van der Waals surface area contributed by atoms with Crippen LogP contribution in [-0.4, -0.2) is 30.8 Å². The summed E-state index contributed by atoms with van der Waals surface area (Å²) in [5.74, 6) is 0.650. The molecular weight excluding hydrogens is 198 g/mol. The van der Waals surface area contributed by atoms with Crippen LogP contribution in [0.2, 0.25) is 0 Å². The van der Waals surface area contributed by atoms with Crippen molar-refractivity contribution < 1.29 is 4.79 Å². The first-order valence-electron chi connectivity index (χ1n) is 6.01. The number of carbonyl (C=O) groups excluding carboxylic acids is 1. The molecule has 1 saturated heterocycles.